The summed E-state index contributed by atoms with van der Waals surface area (Å²) >= 11 is 0. The fourth-order valence-corrected chi connectivity index (χ4v) is 5.13. The van der Waals surface area contributed by atoms with Gasteiger partial charge in [0.1, 0.15) is 0 Å². The molecule has 1 aliphatic rings. The first kappa shape index (κ1) is 18.8. The highest BCUT2D eigenvalue weighted by molar-refractivity contribution is 7.93. The minimum atomic E-state index is -3.60. The zero-order chi connectivity index (χ0) is 18.9. The molecular weight excluding hydrogens is 344 g/mol. The third-order valence-corrected chi connectivity index (χ3v) is 6.66. The summed E-state index contributed by atoms with van der Waals surface area (Å²) in [6.45, 7) is 9.56. The molecule has 2 aromatic carbocycles. The highest BCUT2D eigenvalue weighted by Crippen LogP contribution is 2.35. The maximum Gasteiger partial charge on any atom is 0.264 e. The van der Waals surface area contributed by atoms with Gasteiger partial charge >= 0.3 is 0 Å². The Bertz CT molecular complexity index is 889. The number of fused-ring (bicyclic) bond motifs is 1. The Balaban J connectivity index is 2.10. The van der Waals surface area contributed by atoms with Gasteiger partial charge in [-0.25, -0.2) is 8.42 Å². The van der Waals surface area contributed by atoms with Crippen LogP contribution in [-0.2, 0) is 16.4 Å². The van der Waals surface area contributed by atoms with Crippen molar-refractivity contribution in [2.24, 2.45) is 5.92 Å². The van der Waals surface area contributed by atoms with E-state index in [1.807, 2.05) is 30.3 Å². The van der Waals surface area contributed by atoms with Crippen LogP contribution in [0.5, 0.6) is 0 Å². The zero-order valence-corrected chi connectivity index (χ0v) is 16.8. The standard InChI is InChI=1S/C21H28N2O2S/c1-15(2)13-18-14-17(16(3)4)9-10-21(18)26(24,25)23-12-11-22-19-7-5-6-8-20(19)23/h5-10,14-16,22H,11-13H2,1-4H3. The molecule has 0 spiro atoms. The van der Waals surface area contributed by atoms with Crippen molar-refractivity contribution >= 4 is 21.4 Å². The summed E-state index contributed by atoms with van der Waals surface area (Å²) in [5.74, 6) is 0.763. The molecule has 0 bridgehead atoms. The molecule has 4 nitrogen and oxygen atoms in total. The number of hydrogen-bond acceptors (Lipinski definition) is 3. The molecule has 0 amide bonds. The molecule has 1 heterocycles. The van der Waals surface area contributed by atoms with Crippen LogP contribution in [0.4, 0.5) is 11.4 Å². The largest absolute Gasteiger partial charge is 0.382 e. The number of anilines is 2. The van der Waals surface area contributed by atoms with E-state index in [-0.39, 0.29) is 0 Å². The third-order valence-electron chi connectivity index (χ3n) is 4.75. The number of benzene rings is 2. The first-order valence-electron chi connectivity index (χ1n) is 9.29. The Hall–Kier alpha value is -2.01. The predicted octanol–water partition coefficient (Wildman–Crippen LogP) is 4.63. The molecule has 26 heavy (non-hydrogen) atoms. The predicted molar refractivity (Wildman–Crippen MR) is 109 cm³/mol. The second-order valence-electron chi connectivity index (χ2n) is 7.64. The Morgan fingerprint density at radius 2 is 1.81 bits per heavy atom. The Labute approximate surface area is 157 Å². The summed E-state index contributed by atoms with van der Waals surface area (Å²) < 4.78 is 28.6. The normalized spacial score (nSPS) is 14.5. The van der Waals surface area contributed by atoms with Gasteiger partial charge in [0, 0.05) is 6.54 Å². The smallest absolute Gasteiger partial charge is 0.264 e. The van der Waals surface area contributed by atoms with Crippen molar-refractivity contribution in [2.75, 3.05) is 22.7 Å². The maximum atomic E-state index is 13.5. The number of hydrogen-bond donors (Lipinski definition) is 1. The molecule has 0 radical (unpaired) electrons. The third kappa shape index (κ3) is 3.58. The van der Waals surface area contributed by atoms with Gasteiger partial charge in [-0.2, -0.15) is 0 Å². The van der Waals surface area contributed by atoms with E-state index in [4.69, 9.17) is 0 Å². The SMILES string of the molecule is CC(C)Cc1cc(C(C)C)ccc1S(=O)(=O)N1CCNc2ccccc21. The first-order valence-corrected chi connectivity index (χ1v) is 10.7. The summed E-state index contributed by atoms with van der Waals surface area (Å²) in [6, 6.07) is 13.4. The van der Waals surface area contributed by atoms with Crippen molar-refractivity contribution in [1.82, 2.24) is 0 Å². The second-order valence-corrected chi connectivity index (χ2v) is 9.47. The fraction of sp³-hybridized carbons (Fsp3) is 0.429. The van der Waals surface area contributed by atoms with E-state index in [0.29, 0.717) is 29.8 Å². The van der Waals surface area contributed by atoms with Gasteiger partial charge in [0.15, 0.2) is 0 Å². The van der Waals surface area contributed by atoms with Gasteiger partial charge in [-0.1, -0.05) is 52.0 Å². The van der Waals surface area contributed by atoms with Crippen molar-refractivity contribution in [1.29, 1.82) is 0 Å². The molecule has 3 rings (SSSR count). The van der Waals surface area contributed by atoms with Crippen LogP contribution in [0.3, 0.4) is 0 Å². The zero-order valence-electron chi connectivity index (χ0n) is 16.0. The van der Waals surface area contributed by atoms with Crippen LogP contribution < -0.4 is 9.62 Å². The van der Waals surface area contributed by atoms with E-state index in [0.717, 1.165) is 23.4 Å². The highest BCUT2D eigenvalue weighted by atomic mass is 32.2. The lowest BCUT2D eigenvalue weighted by atomic mass is 9.96. The maximum absolute atomic E-state index is 13.5. The molecule has 140 valence electrons. The summed E-state index contributed by atoms with van der Waals surface area (Å²) in [5.41, 5.74) is 3.69. The van der Waals surface area contributed by atoms with Crippen molar-refractivity contribution in [2.45, 2.75) is 44.9 Å². The van der Waals surface area contributed by atoms with E-state index in [1.54, 1.807) is 10.4 Å². The Morgan fingerprint density at radius 1 is 1.08 bits per heavy atom. The summed E-state index contributed by atoms with van der Waals surface area (Å²) in [7, 11) is -3.60. The quantitative estimate of drug-likeness (QED) is 0.832. The number of sulfonamides is 1. The van der Waals surface area contributed by atoms with E-state index in [2.05, 4.69) is 39.1 Å². The average molecular weight is 373 g/mol. The molecule has 1 N–H and O–H groups in total. The number of rotatable bonds is 5. The number of nitrogens with zero attached hydrogens (tertiary/aromatic N) is 1. The summed E-state index contributed by atoms with van der Waals surface area (Å²) in [6.07, 6.45) is 0.753. The molecule has 0 fully saturated rings. The van der Waals surface area contributed by atoms with E-state index in [9.17, 15) is 8.42 Å². The van der Waals surface area contributed by atoms with Gasteiger partial charge in [0.05, 0.1) is 22.8 Å². The molecule has 1 aliphatic heterocycles. The summed E-state index contributed by atoms with van der Waals surface area (Å²) in [5, 5.41) is 3.28. The molecule has 0 unspecified atom stereocenters. The van der Waals surface area contributed by atoms with Crippen molar-refractivity contribution in [3.05, 3.63) is 53.6 Å². The highest BCUT2D eigenvalue weighted by Gasteiger charge is 2.31. The van der Waals surface area contributed by atoms with Crippen LogP contribution in [0.2, 0.25) is 0 Å². The minimum absolute atomic E-state index is 0.373. The number of nitrogens with one attached hydrogen (secondary N) is 1. The molecule has 2 aromatic rings. The Morgan fingerprint density at radius 3 is 2.50 bits per heavy atom. The minimum Gasteiger partial charge on any atom is -0.382 e. The van der Waals surface area contributed by atoms with E-state index >= 15 is 0 Å². The molecule has 0 aromatic heterocycles. The van der Waals surface area contributed by atoms with Crippen molar-refractivity contribution in [3.63, 3.8) is 0 Å². The Kier molecular flexibility index (Phi) is 5.28. The molecule has 0 saturated carbocycles. The van der Waals surface area contributed by atoms with E-state index in [1.165, 1.54) is 5.56 Å². The van der Waals surface area contributed by atoms with Crippen LogP contribution in [0, 0.1) is 5.92 Å². The lowest BCUT2D eigenvalue weighted by molar-refractivity contribution is 0.585. The summed E-state index contributed by atoms with van der Waals surface area (Å²) in [4.78, 5) is 0.437. The van der Waals surface area contributed by atoms with Gasteiger partial charge in [0.25, 0.3) is 10.0 Å². The van der Waals surface area contributed by atoms with E-state index < -0.39 is 10.0 Å². The lowest BCUT2D eigenvalue weighted by Gasteiger charge is -2.32. The first-order chi connectivity index (χ1) is 12.3. The molecular formula is C21H28N2O2S. The fourth-order valence-electron chi connectivity index (χ4n) is 3.43. The average Bonchev–Trinajstić information content (AvgIpc) is 2.60. The molecule has 0 aliphatic carbocycles. The van der Waals surface area contributed by atoms with Gasteiger partial charge < -0.3 is 5.32 Å². The van der Waals surface area contributed by atoms with Gasteiger partial charge in [-0.05, 0) is 47.6 Å². The topological polar surface area (TPSA) is 49.4 Å². The second kappa shape index (κ2) is 7.31. The van der Waals surface area contributed by atoms with Gasteiger partial charge in [0.2, 0.25) is 0 Å². The van der Waals surface area contributed by atoms with Crippen molar-refractivity contribution in [3.8, 4) is 0 Å². The van der Waals surface area contributed by atoms with Gasteiger partial charge in [-0.3, -0.25) is 4.31 Å². The number of para-hydroxylation sites is 2. The van der Waals surface area contributed by atoms with Crippen LogP contribution in [-0.4, -0.2) is 21.5 Å². The molecule has 5 heteroatoms. The molecule has 0 saturated heterocycles. The van der Waals surface area contributed by atoms with Crippen LogP contribution in [0.25, 0.3) is 0 Å². The van der Waals surface area contributed by atoms with Crippen LogP contribution >= 0.6 is 0 Å². The molecule has 0 atom stereocenters. The monoisotopic (exact) mass is 372 g/mol. The lowest BCUT2D eigenvalue weighted by Crippen LogP contribution is -2.39. The van der Waals surface area contributed by atoms with Crippen LogP contribution in [0.1, 0.15) is 44.7 Å². The van der Waals surface area contributed by atoms with Crippen LogP contribution in [0.15, 0.2) is 47.4 Å². The van der Waals surface area contributed by atoms with Gasteiger partial charge in [-0.15, -0.1) is 0 Å². The van der Waals surface area contributed by atoms with Crippen molar-refractivity contribution < 1.29 is 8.42 Å².